The summed E-state index contributed by atoms with van der Waals surface area (Å²) in [5, 5.41) is 0. The van der Waals surface area contributed by atoms with Crippen molar-refractivity contribution < 1.29 is 4.39 Å². The molecule has 0 fully saturated rings. The van der Waals surface area contributed by atoms with Crippen molar-refractivity contribution in [3.05, 3.63) is 69.5 Å². The molecule has 0 radical (unpaired) electrons. The Kier molecular flexibility index (Phi) is 4.24. The monoisotopic (exact) mass is 271 g/mol. The molecule has 0 spiro atoms. The molecule has 2 rings (SSSR count). The first-order valence-electron chi connectivity index (χ1n) is 6.97. The van der Waals surface area contributed by atoms with E-state index in [-0.39, 0.29) is 11.9 Å². The lowest BCUT2D eigenvalue weighted by atomic mass is 9.95. The Bertz CT molecular complexity index is 608. The van der Waals surface area contributed by atoms with Crippen LogP contribution >= 0.6 is 0 Å². The van der Waals surface area contributed by atoms with E-state index in [2.05, 4.69) is 32.0 Å². The summed E-state index contributed by atoms with van der Waals surface area (Å²) in [7, 11) is 0. The number of aryl methyl sites for hydroxylation is 4. The number of halogens is 1. The molecule has 0 aliphatic heterocycles. The molecular formula is C18H22FN. The summed E-state index contributed by atoms with van der Waals surface area (Å²) in [6, 6.07) is 10.0. The smallest absolute Gasteiger partial charge is 0.129 e. The minimum absolute atomic E-state index is 0.102. The number of hydrogen-bond acceptors (Lipinski definition) is 1. The van der Waals surface area contributed by atoms with Crippen molar-refractivity contribution in [2.24, 2.45) is 5.73 Å². The number of nitrogens with two attached hydrogens (primary N) is 1. The van der Waals surface area contributed by atoms with Gasteiger partial charge in [-0.3, -0.25) is 0 Å². The van der Waals surface area contributed by atoms with E-state index in [4.69, 9.17) is 5.73 Å². The summed E-state index contributed by atoms with van der Waals surface area (Å²) in [4.78, 5) is 0. The first-order chi connectivity index (χ1) is 9.38. The fourth-order valence-corrected chi connectivity index (χ4v) is 2.50. The zero-order valence-electron chi connectivity index (χ0n) is 12.6. The quantitative estimate of drug-likeness (QED) is 0.885. The summed E-state index contributed by atoms with van der Waals surface area (Å²) in [5.41, 5.74) is 12.4. The van der Waals surface area contributed by atoms with Gasteiger partial charge in [-0.1, -0.05) is 30.3 Å². The van der Waals surface area contributed by atoms with Crippen molar-refractivity contribution in [1.82, 2.24) is 0 Å². The fourth-order valence-electron chi connectivity index (χ4n) is 2.50. The third-order valence-corrected chi connectivity index (χ3v) is 3.91. The average Bonchev–Trinajstić information content (AvgIpc) is 2.39. The van der Waals surface area contributed by atoms with Crippen LogP contribution in [0.4, 0.5) is 4.39 Å². The Labute approximate surface area is 120 Å². The molecule has 0 heterocycles. The van der Waals surface area contributed by atoms with Crippen LogP contribution in [0.25, 0.3) is 0 Å². The van der Waals surface area contributed by atoms with Crippen LogP contribution in [0.5, 0.6) is 0 Å². The standard InChI is InChI=1S/C18H22FN/c1-11-5-6-15(7-12(11)2)10-17(20)16-8-13(3)18(19)14(4)9-16/h5-9,17H,10,20H2,1-4H3. The molecule has 0 saturated carbocycles. The second kappa shape index (κ2) is 5.76. The zero-order chi connectivity index (χ0) is 14.9. The lowest BCUT2D eigenvalue weighted by Gasteiger charge is -2.15. The first-order valence-corrected chi connectivity index (χ1v) is 6.97. The Morgan fingerprint density at radius 1 is 0.900 bits per heavy atom. The molecule has 0 aromatic heterocycles. The molecule has 0 saturated heterocycles. The van der Waals surface area contributed by atoms with Crippen LogP contribution in [0.15, 0.2) is 30.3 Å². The number of benzene rings is 2. The van der Waals surface area contributed by atoms with E-state index in [1.54, 1.807) is 13.8 Å². The Morgan fingerprint density at radius 2 is 1.50 bits per heavy atom. The normalized spacial score (nSPS) is 12.5. The summed E-state index contributed by atoms with van der Waals surface area (Å²) in [5.74, 6) is -0.132. The van der Waals surface area contributed by atoms with Crippen LogP contribution in [0.3, 0.4) is 0 Å². The molecular weight excluding hydrogens is 249 g/mol. The van der Waals surface area contributed by atoms with E-state index in [9.17, 15) is 4.39 Å². The predicted octanol–water partition coefficient (Wildman–Crippen LogP) is 4.30. The predicted molar refractivity (Wildman–Crippen MR) is 82.4 cm³/mol. The second-order valence-corrected chi connectivity index (χ2v) is 5.70. The number of hydrogen-bond donors (Lipinski definition) is 1. The molecule has 1 atom stereocenters. The molecule has 2 heteroatoms. The maximum absolute atomic E-state index is 13.7. The average molecular weight is 271 g/mol. The molecule has 2 N–H and O–H groups in total. The van der Waals surface area contributed by atoms with Gasteiger partial charge < -0.3 is 5.73 Å². The van der Waals surface area contributed by atoms with E-state index in [0.717, 1.165) is 12.0 Å². The maximum atomic E-state index is 13.7. The van der Waals surface area contributed by atoms with Gasteiger partial charge in [-0.15, -0.1) is 0 Å². The molecule has 2 aromatic rings. The van der Waals surface area contributed by atoms with E-state index in [0.29, 0.717) is 11.1 Å². The SMILES string of the molecule is Cc1ccc(CC(N)c2cc(C)c(F)c(C)c2)cc1C. The van der Waals surface area contributed by atoms with E-state index >= 15 is 0 Å². The summed E-state index contributed by atoms with van der Waals surface area (Å²) >= 11 is 0. The molecule has 0 aliphatic carbocycles. The Balaban J connectivity index is 2.23. The van der Waals surface area contributed by atoms with Crippen molar-refractivity contribution in [3.63, 3.8) is 0 Å². The van der Waals surface area contributed by atoms with Crippen molar-refractivity contribution in [1.29, 1.82) is 0 Å². The highest BCUT2D eigenvalue weighted by atomic mass is 19.1. The van der Waals surface area contributed by atoms with Crippen LogP contribution in [-0.4, -0.2) is 0 Å². The zero-order valence-corrected chi connectivity index (χ0v) is 12.6. The third kappa shape index (κ3) is 3.07. The molecule has 0 aliphatic rings. The van der Waals surface area contributed by atoms with Gasteiger partial charge in [0, 0.05) is 6.04 Å². The highest BCUT2D eigenvalue weighted by Gasteiger charge is 2.11. The van der Waals surface area contributed by atoms with Crippen LogP contribution in [-0.2, 0) is 6.42 Å². The van der Waals surface area contributed by atoms with Gasteiger partial charge in [-0.25, -0.2) is 4.39 Å². The maximum Gasteiger partial charge on any atom is 0.129 e. The molecule has 106 valence electrons. The lowest BCUT2D eigenvalue weighted by Crippen LogP contribution is -2.14. The lowest BCUT2D eigenvalue weighted by molar-refractivity contribution is 0.605. The summed E-state index contributed by atoms with van der Waals surface area (Å²) < 4.78 is 13.7. The van der Waals surface area contributed by atoms with Gasteiger partial charge in [0.15, 0.2) is 0 Å². The van der Waals surface area contributed by atoms with Gasteiger partial charge in [0.2, 0.25) is 0 Å². The van der Waals surface area contributed by atoms with E-state index < -0.39 is 0 Å². The molecule has 1 nitrogen and oxygen atoms in total. The van der Waals surface area contributed by atoms with Gasteiger partial charge in [0.25, 0.3) is 0 Å². The second-order valence-electron chi connectivity index (χ2n) is 5.70. The van der Waals surface area contributed by atoms with Crippen LogP contribution < -0.4 is 5.73 Å². The summed E-state index contributed by atoms with van der Waals surface area (Å²) in [6.07, 6.45) is 0.769. The summed E-state index contributed by atoms with van der Waals surface area (Å²) in [6.45, 7) is 7.78. The van der Waals surface area contributed by atoms with Gasteiger partial charge in [0.1, 0.15) is 5.82 Å². The minimum Gasteiger partial charge on any atom is -0.324 e. The topological polar surface area (TPSA) is 26.0 Å². The van der Waals surface area contributed by atoms with E-state index in [1.165, 1.54) is 16.7 Å². The number of rotatable bonds is 3. The molecule has 0 bridgehead atoms. The molecule has 1 unspecified atom stereocenters. The highest BCUT2D eigenvalue weighted by molar-refractivity contribution is 5.35. The fraction of sp³-hybridized carbons (Fsp3) is 0.333. The van der Waals surface area contributed by atoms with Gasteiger partial charge in [-0.05, 0) is 67.5 Å². The third-order valence-electron chi connectivity index (χ3n) is 3.91. The van der Waals surface area contributed by atoms with Crippen LogP contribution in [0.2, 0.25) is 0 Å². The minimum atomic E-state index is -0.132. The van der Waals surface area contributed by atoms with Gasteiger partial charge in [-0.2, -0.15) is 0 Å². The molecule has 20 heavy (non-hydrogen) atoms. The van der Waals surface area contributed by atoms with E-state index in [1.807, 2.05) is 12.1 Å². The highest BCUT2D eigenvalue weighted by Crippen LogP contribution is 2.22. The molecule has 0 amide bonds. The first kappa shape index (κ1) is 14.7. The molecule has 2 aromatic carbocycles. The Morgan fingerprint density at radius 3 is 2.05 bits per heavy atom. The Hall–Kier alpha value is -1.67. The van der Waals surface area contributed by atoms with Crippen LogP contribution in [0.1, 0.15) is 39.4 Å². The van der Waals surface area contributed by atoms with Crippen molar-refractivity contribution >= 4 is 0 Å². The largest absolute Gasteiger partial charge is 0.324 e. The van der Waals surface area contributed by atoms with Crippen molar-refractivity contribution in [2.75, 3.05) is 0 Å². The van der Waals surface area contributed by atoms with Crippen LogP contribution in [0, 0.1) is 33.5 Å². The van der Waals surface area contributed by atoms with Gasteiger partial charge in [0.05, 0.1) is 0 Å². The van der Waals surface area contributed by atoms with Crippen molar-refractivity contribution in [2.45, 2.75) is 40.2 Å². The van der Waals surface area contributed by atoms with Gasteiger partial charge >= 0.3 is 0 Å². The van der Waals surface area contributed by atoms with Crippen molar-refractivity contribution in [3.8, 4) is 0 Å².